The molecule has 0 aromatic heterocycles. The first-order valence-corrected chi connectivity index (χ1v) is 4.38. The summed E-state index contributed by atoms with van der Waals surface area (Å²) in [5.41, 5.74) is 4.99. The molecular formula is C8H8BrF2NO. The van der Waals surface area contributed by atoms with Crippen LogP contribution in [0.4, 0.5) is 8.78 Å². The highest BCUT2D eigenvalue weighted by Gasteiger charge is 2.14. The molecule has 5 heteroatoms. The number of nitrogens with two attached hydrogens (primary N) is 1. The van der Waals surface area contributed by atoms with E-state index in [0.717, 1.165) is 12.1 Å². The maximum absolute atomic E-state index is 13.1. The van der Waals surface area contributed by atoms with Crippen LogP contribution < -0.4 is 5.73 Å². The van der Waals surface area contributed by atoms with Crippen molar-refractivity contribution >= 4 is 15.9 Å². The van der Waals surface area contributed by atoms with Crippen molar-refractivity contribution in [2.75, 3.05) is 6.54 Å². The highest BCUT2D eigenvalue weighted by atomic mass is 79.9. The van der Waals surface area contributed by atoms with E-state index in [4.69, 9.17) is 5.73 Å². The van der Waals surface area contributed by atoms with Crippen LogP contribution in [-0.2, 0) is 0 Å². The molecule has 1 aromatic carbocycles. The normalized spacial score (nSPS) is 13.0. The molecule has 0 amide bonds. The van der Waals surface area contributed by atoms with E-state index in [1.807, 2.05) is 0 Å². The van der Waals surface area contributed by atoms with Gasteiger partial charge >= 0.3 is 0 Å². The molecule has 1 rings (SSSR count). The largest absolute Gasteiger partial charge is 0.387 e. The summed E-state index contributed by atoms with van der Waals surface area (Å²) < 4.78 is 26.0. The van der Waals surface area contributed by atoms with Gasteiger partial charge in [-0.25, -0.2) is 8.78 Å². The van der Waals surface area contributed by atoms with Gasteiger partial charge in [0.1, 0.15) is 11.6 Å². The van der Waals surface area contributed by atoms with Crippen LogP contribution in [0.2, 0.25) is 0 Å². The summed E-state index contributed by atoms with van der Waals surface area (Å²) in [6.07, 6.45) is -1.16. The Bertz CT molecular complexity index is 319. The lowest BCUT2D eigenvalue weighted by Gasteiger charge is -2.09. The average molecular weight is 252 g/mol. The Balaban J connectivity index is 3.15. The lowest BCUT2D eigenvalue weighted by Crippen LogP contribution is -2.13. The molecule has 1 unspecified atom stereocenters. The molecule has 0 saturated heterocycles. The minimum atomic E-state index is -1.16. The third-order valence-electron chi connectivity index (χ3n) is 1.62. The van der Waals surface area contributed by atoms with Gasteiger partial charge in [0.15, 0.2) is 0 Å². The molecule has 0 spiro atoms. The van der Waals surface area contributed by atoms with E-state index >= 15 is 0 Å². The fourth-order valence-electron chi connectivity index (χ4n) is 0.920. The first kappa shape index (κ1) is 10.6. The Morgan fingerprint density at radius 3 is 2.54 bits per heavy atom. The summed E-state index contributed by atoms with van der Waals surface area (Å²) in [5, 5.41) is 9.18. The summed E-state index contributed by atoms with van der Waals surface area (Å²) in [4.78, 5) is 0. The number of hydrogen-bond donors (Lipinski definition) is 2. The monoisotopic (exact) mass is 251 g/mol. The number of benzene rings is 1. The van der Waals surface area contributed by atoms with E-state index in [9.17, 15) is 13.9 Å². The Morgan fingerprint density at radius 1 is 1.38 bits per heavy atom. The van der Waals surface area contributed by atoms with E-state index in [0.29, 0.717) is 0 Å². The van der Waals surface area contributed by atoms with Crippen LogP contribution in [0, 0.1) is 11.6 Å². The van der Waals surface area contributed by atoms with Gasteiger partial charge in [-0.1, -0.05) is 0 Å². The van der Waals surface area contributed by atoms with Gasteiger partial charge in [0.25, 0.3) is 0 Å². The summed E-state index contributed by atoms with van der Waals surface area (Å²) in [6.45, 7) is -0.141. The van der Waals surface area contributed by atoms with Crippen LogP contribution in [-0.4, -0.2) is 11.7 Å². The summed E-state index contributed by atoms with van der Waals surface area (Å²) in [5.74, 6) is -1.30. The standard InChI is InChI=1S/C8H8BrF2NO/c9-5-2-6(10)4(1-7(5)11)8(13)3-12/h1-2,8,13H,3,12H2. The lowest BCUT2D eigenvalue weighted by atomic mass is 10.1. The second-order valence-corrected chi connectivity index (χ2v) is 3.39. The van der Waals surface area contributed by atoms with E-state index < -0.39 is 17.7 Å². The molecule has 0 aliphatic rings. The van der Waals surface area contributed by atoms with Crippen molar-refractivity contribution in [3.8, 4) is 0 Å². The van der Waals surface area contributed by atoms with Gasteiger partial charge in [0, 0.05) is 12.1 Å². The molecule has 0 aliphatic heterocycles. The Morgan fingerprint density at radius 2 is 2.00 bits per heavy atom. The van der Waals surface area contributed by atoms with Crippen molar-refractivity contribution in [1.82, 2.24) is 0 Å². The van der Waals surface area contributed by atoms with E-state index in [-0.39, 0.29) is 16.6 Å². The zero-order valence-corrected chi connectivity index (χ0v) is 8.18. The first-order chi connectivity index (χ1) is 6.06. The molecule has 0 heterocycles. The van der Waals surface area contributed by atoms with Crippen molar-refractivity contribution in [2.45, 2.75) is 6.10 Å². The fourth-order valence-corrected chi connectivity index (χ4v) is 1.24. The minimum Gasteiger partial charge on any atom is -0.387 e. The van der Waals surface area contributed by atoms with Crippen LogP contribution in [0.5, 0.6) is 0 Å². The number of rotatable bonds is 2. The van der Waals surface area contributed by atoms with Crippen molar-refractivity contribution in [1.29, 1.82) is 0 Å². The van der Waals surface area contributed by atoms with Crippen molar-refractivity contribution in [2.24, 2.45) is 5.73 Å². The molecule has 0 saturated carbocycles. The third-order valence-corrected chi connectivity index (χ3v) is 2.23. The molecule has 1 atom stereocenters. The maximum atomic E-state index is 13.1. The second kappa shape index (κ2) is 4.13. The highest BCUT2D eigenvalue weighted by Crippen LogP contribution is 2.23. The van der Waals surface area contributed by atoms with Gasteiger partial charge < -0.3 is 10.8 Å². The van der Waals surface area contributed by atoms with Crippen LogP contribution in [0.3, 0.4) is 0 Å². The van der Waals surface area contributed by atoms with E-state index in [1.165, 1.54) is 0 Å². The molecule has 0 fully saturated rings. The Kier molecular flexibility index (Phi) is 3.35. The summed E-state index contributed by atoms with van der Waals surface area (Å²) >= 11 is 2.82. The highest BCUT2D eigenvalue weighted by molar-refractivity contribution is 9.10. The minimum absolute atomic E-state index is 0.0259. The van der Waals surface area contributed by atoms with Crippen LogP contribution >= 0.6 is 15.9 Å². The Hall–Kier alpha value is -0.520. The zero-order valence-electron chi connectivity index (χ0n) is 6.60. The Labute approximate surface area is 82.5 Å². The maximum Gasteiger partial charge on any atom is 0.137 e. The van der Waals surface area contributed by atoms with Gasteiger partial charge in [-0.15, -0.1) is 0 Å². The number of aliphatic hydroxyl groups is 1. The smallest absolute Gasteiger partial charge is 0.137 e. The zero-order chi connectivity index (χ0) is 10.0. The predicted octanol–water partition coefficient (Wildman–Crippen LogP) is 1.72. The summed E-state index contributed by atoms with van der Waals surface area (Å²) in [6, 6.07) is 1.89. The molecule has 0 aliphatic carbocycles. The third kappa shape index (κ3) is 2.24. The van der Waals surface area contributed by atoms with Crippen LogP contribution in [0.15, 0.2) is 16.6 Å². The molecule has 13 heavy (non-hydrogen) atoms. The van der Waals surface area contributed by atoms with Crippen molar-refractivity contribution in [3.05, 3.63) is 33.8 Å². The van der Waals surface area contributed by atoms with E-state index in [1.54, 1.807) is 0 Å². The van der Waals surface area contributed by atoms with Gasteiger partial charge in [-0.2, -0.15) is 0 Å². The van der Waals surface area contributed by atoms with E-state index in [2.05, 4.69) is 15.9 Å². The SMILES string of the molecule is NCC(O)c1cc(F)c(Br)cc1F. The molecule has 1 aromatic rings. The quantitative estimate of drug-likeness (QED) is 0.787. The molecule has 2 nitrogen and oxygen atoms in total. The molecule has 3 N–H and O–H groups in total. The van der Waals surface area contributed by atoms with Crippen LogP contribution in [0.1, 0.15) is 11.7 Å². The van der Waals surface area contributed by atoms with Gasteiger partial charge in [0.2, 0.25) is 0 Å². The second-order valence-electron chi connectivity index (χ2n) is 2.54. The molecule has 0 radical (unpaired) electrons. The molecule has 72 valence electrons. The predicted molar refractivity (Wildman–Crippen MR) is 48.1 cm³/mol. The lowest BCUT2D eigenvalue weighted by molar-refractivity contribution is 0.181. The molecule has 0 bridgehead atoms. The topological polar surface area (TPSA) is 46.2 Å². The number of hydrogen-bond acceptors (Lipinski definition) is 2. The fraction of sp³-hybridized carbons (Fsp3) is 0.250. The van der Waals surface area contributed by atoms with Crippen molar-refractivity contribution in [3.63, 3.8) is 0 Å². The number of aliphatic hydroxyl groups excluding tert-OH is 1. The average Bonchev–Trinajstić information content (AvgIpc) is 2.10. The van der Waals surface area contributed by atoms with Gasteiger partial charge in [-0.05, 0) is 28.1 Å². The number of halogens is 3. The summed E-state index contributed by atoms with van der Waals surface area (Å²) in [7, 11) is 0. The molecular weight excluding hydrogens is 244 g/mol. The first-order valence-electron chi connectivity index (χ1n) is 3.59. The van der Waals surface area contributed by atoms with Gasteiger partial charge in [0.05, 0.1) is 10.6 Å². The van der Waals surface area contributed by atoms with Crippen LogP contribution in [0.25, 0.3) is 0 Å². The van der Waals surface area contributed by atoms with Gasteiger partial charge in [-0.3, -0.25) is 0 Å². The van der Waals surface area contributed by atoms with Crippen molar-refractivity contribution < 1.29 is 13.9 Å².